The van der Waals surface area contributed by atoms with Gasteiger partial charge in [0.2, 0.25) is 0 Å². The Balaban J connectivity index is 1.16. The first kappa shape index (κ1) is 21.2. The van der Waals surface area contributed by atoms with Crippen molar-refractivity contribution in [3.63, 3.8) is 0 Å². The van der Waals surface area contributed by atoms with Gasteiger partial charge in [-0.25, -0.2) is 4.98 Å². The van der Waals surface area contributed by atoms with E-state index in [1.54, 1.807) is 0 Å². The molecule has 0 spiro atoms. The standard InChI is InChI=1S/C27H29N5O/c1-31-25-8-3-2-7-24(25)30-26(31)21-5-4-6-22(19-21)27(33)29-16-9-20-12-17-32(18-13-20)23-10-14-28-15-11-23/h2-8,10-11,14-15,19-20H,9,12-13,16-18H2,1H3,(H,29,33). The summed E-state index contributed by atoms with van der Waals surface area (Å²) < 4.78 is 2.07. The van der Waals surface area contributed by atoms with Gasteiger partial charge in [0.15, 0.2) is 0 Å². The van der Waals surface area contributed by atoms with Crippen LogP contribution >= 0.6 is 0 Å². The molecular weight excluding hydrogens is 410 g/mol. The number of nitrogens with zero attached hydrogens (tertiary/aromatic N) is 4. The summed E-state index contributed by atoms with van der Waals surface area (Å²) in [6.07, 6.45) is 7.02. The zero-order valence-corrected chi connectivity index (χ0v) is 18.9. The maximum absolute atomic E-state index is 12.8. The summed E-state index contributed by atoms with van der Waals surface area (Å²) in [5.41, 5.74) is 4.91. The molecule has 1 N–H and O–H groups in total. The highest BCUT2D eigenvalue weighted by Gasteiger charge is 2.19. The number of aryl methyl sites for hydroxylation is 1. The van der Waals surface area contributed by atoms with Gasteiger partial charge in [0.1, 0.15) is 5.82 Å². The van der Waals surface area contributed by atoms with Crippen LogP contribution in [0.5, 0.6) is 0 Å². The van der Waals surface area contributed by atoms with Crippen LogP contribution in [0, 0.1) is 5.92 Å². The zero-order chi connectivity index (χ0) is 22.6. The molecule has 2 aromatic heterocycles. The Morgan fingerprint density at radius 2 is 1.82 bits per heavy atom. The van der Waals surface area contributed by atoms with Gasteiger partial charge >= 0.3 is 0 Å². The molecule has 1 aliphatic heterocycles. The highest BCUT2D eigenvalue weighted by molar-refractivity contribution is 5.95. The number of amides is 1. The number of rotatable bonds is 6. The summed E-state index contributed by atoms with van der Waals surface area (Å²) in [4.78, 5) is 24.1. The van der Waals surface area contributed by atoms with E-state index in [4.69, 9.17) is 4.98 Å². The molecule has 1 saturated heterocycles. The van der Waals surface area contributed by atoms with Crippen molar-refractivity contribution in [2.75, 3.05) is 24.5 Å². The topological polar surface area (TPSA) is 63.1 Å². The molecule has 1 amide bonds. The fourth-order valence-electron chi connectivity index (χ4n) is 4.73. The normalized spacial score (nSPS) is 14.5. The molecule has 3 heterocycles. The van der Waals surface area contributed by atoms with E-state index < -0.39 is 0 Å². The average Bonchev–Trinajstić information content (AvgIpc) is 3.21. The lowest BCUT2D eigenvalue weighted by molar-refractivity contribution is 0.0950. The highest BCUT2D eigenvalue weighted by Crippen LogP contribution is 2.25. The molecule has 168 valence electrons. The molecule has 0 aliphatic carbocycles. The van der Waals surface area contributed by atoms with Crippen molar-refractivity contribution < 1.29 is 4.79 Å². The van der Waals surface area contributed by atoms with Crippen LogP contribution in [-0.2, 0) is 7.05 Å². The van der Waals surface area contributed by atoms with Crippen molar-refractivity contribution in [3.05, 3.63) is 78.6 Å². The van der Waals surface area contributed by atoms with Gasteiger partial charge in [-0.3, -0.25) is 9.78 Å². The smallest absolute Gasteiger partial charge is 0.251 e. The van der Waals surface area contributed by atoms with Gasteiger partial charge in [-0.05, 0) is 61.6 Å². The van der Waals surface area contributed by atoms with Crippen LogP contribution in [0.3, 0.4) is 0 Å². The summed E-state index contributed by atoms with van der Waals surface area (Å²) >= 11 is 0. The van der Waals surface area contributed by atoms with E-state index in [9.17, 15) is 4.79 Å². The summed E-state index contributed by atoms with van der Waals surface area (Å²) in [5, 5.41) is 3.12. The van der Waals surface area contributed by atoms with E-state index in [2.05, 4.69) is 38.0 Å². The average molecular weight is 440 g/mol. The lowest BCUT2D eigenvalue weighted by Gasteiger charge is -2.33. The van der Waals surface area contributed by atoms with Gasteiger partial charge < -0.3 is 14.8 Å². The minimum absolute atomic E-state index is 0.0233. The minimum atomic E-state index is -0.0233. The molecule has 0 unspecified atom stereocenters. The van der Waals surface area contributed by atoms with Crippen LogP contribution in [0.1, 0.15) is 29.6 Å². The Bertz CT molecular complexity index is 1240. The van der Waals surface area contributed by atoms with Crippen LogP contribution < -0.4 is 10.2 Å². The lowest BCUT2D eigenvalue weighted by Crippen LogP contribution is -2.35. The number of hydrogen-bond acceptors (Lipinski definition) is 4. The number of anilines is 1. The molecule has 2 aromatic carbocycles. The van der Waals surface area contributed by atoms with E-state index in [-0.39, 0.29) is 5.91 Å². The Kier molecular flexibility index (Phi) is 6.07. The van der Waals surface area contributed by atoms with E-state index in [0.29, 0.717) is 18.0 Å². The van der Waals surface area contributed by atoms with Crippen LogP contribution in [0.2, 0.25) is 0 Å². The second-order valence-electron chi connectivity index (χ2n) is 8.74. The summed E-state index contributed by atoms with van der Waals surface area (Å²) in [5.74, 6) is 1.49. The van der Waals surface area contributed by atoms with Crippen molar-refractivity contribution in [1.82, 2.24) is 19.9 Å². The largest absolute Gasteiger partial charge is 0.371 e. The minimum Gasteiger partial charge on any atom is -0.371 e. The fourth-order valence-corrected chi connectivity index (χ4v) is 4.73. The maximum atomic E-state index is 12.8. The number of carbonyl (C=O) groups is 1. The Morgan fingerprint density at radius 3 is 2.61 bits per heavy atom. The number of fused-ring (bicyclic) bond motifs is 1. The van der Waals surface area contributed by atoms with Gasteiger partial charge in [0, 0.05) is 55.9 Å². The van der Waals surface area contributed by atoms with Crippen molar-refractivity contribution in [2.45, 2.75) is 19.3 Å². The number of aromatic nitrogens is 3. The fraction of sp³-hybridized carbons (Fsp3) is 0.296. The maximum Gasteiger partial charge on any atom is 0.251 e. The number of piperidine rings is 1. The molecule has 1 aliphatic rings. The first-order valence-electron chi connectivity index (χ1n) is 11.6. The van der Waals surface area contributed by atoms with Gasteiger partial charge in [-0.2, -0.15) is 0 Å². The van der Waals surface area contributed by atoms with Crippen molar-refractivity contribution in [2.24, 2.45) is 13.0 Å². The highest BCUT2D eigenvalue weighted by atomic mass is 16.1. The van der Waals surface area contributed by atoms with E-state index >= 15 is 0 Å². The first-order valence-corrected chi connectivity index (χ1v) is 11.6. The monoisotopic (exact) mass is 439 g/mol. The van der Waals surface area contributed by atoms with E-state index in [1.165, 1.54) is 5.69 Å². The van der Waals surface area contributed by atoms with Crippen LogP contribution in [0.4, 0.5) is 5.69 Å². The van der Waals surface area contributed by atoms with Gasteiger partial charge in [0.25, 0.3) is 5.91 Å². The Hall–Kier alpha value is -3.67. The van der Waals surface area contributed by atoms with Crippen molar-refractivity contribution >= 4 is 22.6 Å². The second-order valence-corrected chi connectivity index (χ2v) is 8.74. The molecule has 1 fully saturated rings. The number of nitrogens with one attached hydrogen (secondary N) is 1. The third-order valence-electron chi connectivity index (χ3n) is 6.65. The molecule has 33 heavy (non-hydrogen) atoms. The summed E-state index contributed by atoms with van der Waals surface area (Å²) in [6, 6.07) is 20.0. The van der Waals surface area contributed by atoms with Crippen LogP contribution in [-0.4, -0.2) is 40.1 Å². The quantitative estimate of drug-likeness (QED) is 0.474. The van der Waals surface area contributed by atoms with Crippen LogP contribution in [0.15, 0.2) is 73.1 Å². The molecule has 0 bridgehead atoms. The third-order valence-corrected chi connectivity index (χ3v) is 6.65. The van der Waals surface area contributed by atoms with Gasteiger partial charge in [0.05, 0.1) is 11.0 Å². The Labute approximate surface area is 194 Å². The number of hydrogen-bond donors (Lipinski definition) is 1. The number of carbonyl (C=O) groups excluding carboxylic acids is 1. The SMILES string of the molecule is Cn1c(-c2cccc(C(=O)NCCC3CCN(c4ccncc4)CC3)c2)nc2ccccc21. The second kappa shape index (κ2) is 9.45. The number of para-hydroxylation sites is 2. The first-order chi connectivity index (χ1) is 16.2. The molecule has 0 atom stereocenters. The third kappa shape index (κ3) is 4.60. The zero-order valence-electron chi connectivity index (χ0n) is 18.9. The van der Waals surface area contributed by atoms with Gasteiger partial charge in [-0.1, -0.05) is 24.3 Å². The predicted molar refractivity (Wildman–Crippen MR) is 132 cm³/mol. The van der Waals surface area contributed by atoms with E-state index in [1.807, 2.05) is 61.9 Å². The molecule has 5 rings (SSSR count). The van der Waals surface area contributed by atoms with Crippen molar-refractivity contribution in [1.29, 1.82) is 0 Å². The Morgan fingerprint density at radius 1 is 1.03 bits per heavy atom. The number of benzene rings is 2. The molecular formula is C27H29N5O. The number of pyridine rings is 1. The lowest BCUT2D eigenvalue weighted by atomic mass is 9.93. The van der Waals surface area contributed by atoms with Crippen molar-refractivity contribution in [3.8, 4) is 11.4 Å². The van der Waals surface area contributed by atoms with E-state index in [0.717, 1.165) is 54.8 Å². The molecule has 4 aromatic rings. The molecule has 0 radical (unpaired) electrons. The molecule has 0 saturated carbocycles. The predicted octanol–water partition coefficient (Wildman–Crippen LogP) is 4.67. The number of imidazole rings is 1. The summed E-state index contributed by atoms with van der Waals surface area (Å²) in [6.45, 7) is 2.82. The summed E-state index contributed by atoms with van der Waals surface area (Å²) in [7, 11) is 2.01. The van der Waals surface area contributed by atoms with Crippen LogP contribution in [0.25, 0.3) is 22.4 Å². The molecule has 6 heteroatoms. The molecule has 6 nitrogen and oxygen atoms in total. The van der Waals surface area contributed by atoms with Gasteiger partial charge in [-0.15, -0.1) is 0 Å².